The smallest absolute Gasteiger partial charge is 0.146 e. The molecule has 0 radical (unpaired) electrons. The van der Waals surface area contributed by atoms with Gasteiger partial charge in [-0.15, -0.1) is 11.3 Å². The lowest BCUT2D eigenvalue weighted by Gasteiger charge is -2.13. The molecule has 1 aliphatic rings. The van der Waals surface area contributed by atoms with Gasteiger partial charge in [-0.25, -0.2) is 19.8 Å². The van der Waals surface area contributed by atoms with E-state index in [4.69, 9.17) is 16.6 Å². The van der Waals surface area contributed by atoms with Gasteiger partial charge in [-0.2, -0.15) is 0 Å². The maximum atomic E-state index is 13.4. The van der Waals surface area contributed by atoms with Gasteiger partial charge in [0.15, 0.2) is 0 Å². The molecule has 0 aliphatic carbocycles. The fraction of sp³-hybridized carbons (Fsp3) is 0.0526. The Morgan fingerprint density at radius 2 is 2.07 bits per heavy atom. The van der Waals surface area contributed by atoms with Crippen LogP contribution in [0.25, 0.3) is 21.0 Å². The normalized spacial score (nSPS) is 13.8. The van der Waals surface area contributed by atoms with Crippen molar-refractivity contribution in [1.29, 1.82) is 0 Å². The number of hydrogen-bond acceptors (Lipinski definition) is 6. The highest BCUT2D eigenvalue weighted by Gasteiger charge is 2.17. The first-order chi connectivity index (χ1) is 13.2. The summed E-state index contributed by atoms with van der Waals surface area (Å²) in [5.74, 6) is 1.05. The third-order valence-corrected chi connectivity index (χ3v) is 5.65. The number of fused-ring (bicyclic) bond motifs is 3. The van der Waals surface area contributed by atoms with Crippen molar-refractivity contribution in [2.45, 2.75) is 0 Å². The van der Waals surface area contributed by atoms with Gasteiger partial charge in [0.05, 0.1) is 16.2 Å². The molecule has 2 aromatic heterocycles. The number of amidine groups is 1. The fourth-order valence-electron chi connectivity index (χ4n) is 3.16. The zero-order valence-corrected chi connectivity index (χ0v) is 15.5. The van der Waals surface area contributed by atoms with Crippen LogP contribution < -0.4 is 16.2 Å². The lowest BCUT2D eigenvalue weighted by Crippen LogP contribution is -2.30. The molecule has 5 nitrogen and oxygen atoms in total. The molecule has 2 aromatic carbocycles. The summed E-state index contributed by atoms with van der Waals surface area (Å²) in [7, 11) is 0. The molecule has 0 bridgehead atoms. The quantitative estimate of drug-likeness (QED) is 0.465. The van der Waals surface area contributed by atoms with Gasteiger partial charge >= 0.3 is 0 Å². The number of halogens is 2. The molecule has 5 rings (SSSR count). The summed E-state index contributed by atoms with van der Waals surface area (Å²) in [5, 5.41) is 7.65. The second-order valence-corrected chi connectivity index (χ2v) is 7.36. The number of aliphatic imine (C=N–C) groups is 1. The highest BCUT2D eigenvalue weighted by molar-refractivity contribution is 7.18. The number of aromatic nitrogens is 1. The van der Waals surface area contributed by atoms with Gasteiger partial charge in [0.25, 0.3) is 0 Å². The number of hydrazine groups is 1. The number of anilines is 2. The summed E-state index contributed by atoms with van der Waals surface area (Å²) in [6, 6.07) is 12.3. The van der Waals surface area contributed by atoms with Gasteiger partial charge in [-0.05, 0) is 35.7 Å². The summed E-state index contributed by atoms with van der Waals surface area (Å²) in [5.41, 5.74) is 8.42. The van der Waals surface area contributed by atoms with Crippen molar-refractivity contribution >= 4 is 61.3 Å². The van der Waals surface area contributed by atoms with Crippen molar-refractivity contribution in [1.82, 2.24) is 15.8 Å². The standard InChI is InChI=1S/C19H13ClFN5S/c20-14-8-10(21)4-5-15(14)24-19-13-6-7-27-17(13)11-2-1-3-12(16(11)25-19)18-22-9-23-26-18/h1-8,23H,9H2,(H,22,26)(H,24,25). The topological polar surface area (TPSA) is 61.3 Å². The third-order valence-electron chi connectivity index (χ3n) is 4.39. The monoisotopic (exact) mass is 397 g/mol. The molecule has 1 aliphatic heterocycles. The number of benzene rings is 2. The van der Waals surface area contributed by atoms with E-state index >= 15 is 0 Å². The van der Waals surface area contributed by atoms with Gasteiger partial charge in [-0.3, -0.25) is 0 Å². The molecular weight excluding hydrogens is 385 g/mol. The highest BCUT2D eigenvalue weighted by Crippen LogP contribution is 2.37. The maximum absolute atomic E-state index is 13.4. The number of para-hydroxylation sites is 1. The number of rotatable bonds is 3. The van der Waals surface area contributed by atoms with Crippen molar-refractivity contribution in [3.63, 3.8) is 0 Å². The number of pyridine rings is 1. The molecule has 4 aromatic rings. The van der Waals surface area contributed by atoms with E-state index in [1.165, 1.54) is 12.1 Å². The van der Waals surface area contributed by atoms with E-state index in [1.54, 1.807) is 17.4 Å². The van der Waals surface area contributed by atoms with Crippen LogP contribution in [0.15, 0.2) is 52.8 Å². The highest BCUT2D eigenvalue weighted by atomic mass is 35.5. The minimum absolute atomic E-state index is 0.305. The minimum atomic E-state index is -0.377. The second kappa shape index (κ2) is 6.45. The summed E-state index contributed by atoms with van der Waals surface area (Å²) in [6.45, 7) is 0.517. The van der Waals surface area contributed by atoms with Crippen LogP contribution in [0.4, 0.5) is 15.9 Å². The van der Waals surface area contributed by atoms with Gasteiger partial charge in [0.2, 0.25) is 0 Å². The van der Waals surface area contributed by atoms with Crippen LogP contribution >= 0.6 is 22.9 Å². The van der Waals surface area contributed by atoms with Gasteiger partial charge < -0.3 is 10.7 Å². The van der Waals surface area contributed by atoms with Crippen LogP contribution in [0.1, 0.15) is 5.56 Å². The molecule has 0 fully saturated rings. The van der Waals surface area contributed by atoms with Crippen molar-refractivity contribution in [2.75, 3.05) is 12.0 Å². The zero-order chi connectivity index (χ0) is 18.4. The molecule has 3 N–H and O–H groups in total. The Kier molecular flexibility index (Phi) is 3.93. The Balaban J connectivity index is 1.73. The van der Waals surface area contributed by atoms with E-state index in [9.17, 15) is 4.39 Å². The lowest BCUT2D eigenvalue weighted by molar-refractivity contribution is 0.628. The first-order valence-corrected chi connectivity index (χ1v) is 9.52. The van der Waals surface area contributed by atoms with E-state index in [1.807, 2.05) is 23.6 Å². The first-order valence-electron chi connectivity index (χ1n) is 8.26. The molecule has 0 amide bonds. The van der Waals surface area contributed by atoms with E-state index < -0.39 is 0 Å². The van der Waals surface area contributed by atoms with Crippen molar-refractivity contribution in [3.05, 3.63) is 64.2 Å². The van der Waals surface area contributed by atoms with Crippen molar-refractivity contribution in [3.8, 4) is 0 Å². The Morgan fingerprint density at radius 1 is 1.15 bits per heavy atom. The molecule has 8 heteroatoms. The van der Waals surface area contributed by atoms with Crippen LogP contribution in [-0.2, 0) is 0 Å². The van der Waals surface area contributed by atoms with E-state index in [0.717, 1.165) is 32.4 Å². The Labute approximate surface area is 162 Å². The minimum Gasteiger partial charge on any atom is -0.338 e. The van der Waals surface area contributed by atoms with Crippen molar-refractivity contribution < 1.29 is 4.39 Å². The second-order valence-electron chi connectivity index (χ2n) is 6.04. The molecule has 134 valence electrons. The molecular formula is C19H13ClFN5S. The molecule has 0 saturated carbocycles. The van der Waals surface area contributed by atoms with Crippen LogP contribution in [0, 0.1) is 5.82 Å². The molecule has 3 heterocycles. The summed E-state index contributed by atoms with van der Waals surface area (Å²) < 4.78 is 14.5. The first kappa shape index (κ1) is 16.4. The van der Waals surface area contributed by atoms with E-state index in [0.29, 0.717) is 23.2 Å². The molecule has 0 unspecified atom stereocenters. The SMILES string of the molecule is Fc1ccc(Nc2nc3c(C4=NCNN4)cccc3c3sccc23)c(Cl)c1. The number of hydrogen-bond donors (Lipinski definition) is 3. The summed E-state index contributed by atoms with van der Waals surface area (Å²) in [6.07, 6.45) is 0. The predicted octanol–water partition coefficient (Wildman–Crippen LogP) is 4.80. The van der Waals surface area contributed by atoms with Crippen molar-refractivity contribution in [2.24, 2.45) is 4.99 Å². The van der Waals surface area contributed by atoms with Crippen LogP contribution in [0.2, 0.25) is 5.02 Å². The van der Waals surface area contributed by atoms with E-state index in [-0.39, 0.29) is 5.82 Å². The van der Waals surface area contributed by atoms with Gasteiger partial charge in [-0.1, -0.05) is 23.7 Å². The Bertz CT molecular complexity index is 1220. The number of nitrogens with zero attached hydrogens (tertiary/aromatic N) is 2. The van der Waals surface area contributed by atoms with Crippen LogP contribution in [0.3, 0.4) is 0 Å². The summed E-state index contributed by atoms with van der Waals surface area (Å²) in [4.78, 5) is 9.31. The Hall–Kier alpha value is -2.74. The maximum Gasteiger partial charge on any atom is 0.146 e. The molecule has 0 spiro atoms. The number of nitrogens with one attached hydrogen (secondary N) is 3. The fourth-order valence-corrected chi connectivity index (χ4v) is 4.30. The Morgan fingerprint density at radius 3 is 2.89 bits per heavy atom. The third kappa shape index (κ3) is 2.80. The predicted molar refractivity (Wildman–Crippen MR) is 109 cm³/mol. The average molecular weight is 398 g/mol. The molecule has 0 atom stereocenters. The van der Waals surface area contributed by atoms with Gasteiger partial charge in [0, 0.05) is 21.0 Å². The molecule has 0 saturated heterocycles. The van der Waals surface area contributed by atoms with E-state index in [2.05, 4.69) is 27.2 Å². The zero-order valence-electron chi connectivity index (χ0n) is 13.9. The van der Waals surface area contributed by atoms with Crippen LogP contribution in [0.5, 0.6) is 0 Å². The largest absolute Gasteiger partial charge is 0.338 e. The average Bonchev–Trinajstić information content (AvgIpc) is 3.35. The number of thiophene rings is 1. The lowest BCUT2D eigenvalue weighted by atomic mass is 10.1. The molecule has 27 heavy (non-hydrogen) atoms. The summed E-state index contributed by atoms with van der Waals surface area (Å²) >= 11 is 7.84. The van der Waals surface area contributed by atoms with Crippen LogP contribution in [-0.4, -0.2) is 17.5 Å². The van der Waals surface area contributed by atoms with Gasteiger partial charge in [0.1, 0.15) is 24.1 Å².